The lowest BCUT2D eigenvalue weighted by molar-refractivity contribution is -0.120. The molecule has 1 heterocycles. The number of para-hydroxylation sites is 1. The molecule has 2 rings (SSSR count). The standard InChI is InChI=1S/C14H15N3O3/c1-10-8-13(16-20-10)17(11(2)18)9-14(19)15-12-6-4-3-5-7-12/h3-8H,9H2,1-2H3,(H,15,19). The first-order valence-electron chi connectivity index (χ1n) is 6.12. The van der Waals surface area contributed by atoms with E-state index in [0.717, 1.165) is 0 Å². The predicted octanol–water partition coefficient (Wildman–Crippen LogP) is 1.97. The highest BCUT2D eigenvalue weighted by molar-refractivity contribution is 6.01. The molecule has 0 saturated heterocycles. The van der Waals surface area contributed by atoms with Gasteiger partial charge in [-0.2, -0.15) is 0 Å². The van der Waals surface area contributed by atoms with Crippen LogP contribution >= 0.6 is 0 Å². The molecule has 1 aromatic heterocycles. The summed E-state index contributed by atoms with van der Waals surface area (Å²) >= 11 is 0. The minimum Gasteiger partial charge on any atom is -0.360 e. The Hall–Kier alpha value is -2.63. The normalized spacial score (nSPS) is 10.1. The highest BCUT2D eigenvalue weighted by atomic mass is 16.5. The first-order valence-corrected chi connectivity index (χ1v) is 6.12. The summed E-state index contributed by atoms with van der Waals surface area (Å²) in [6.07, 6.45) is 0. The van der Waals surface area contributed by atoms with Crippen LogP contribution in [0.2, 0.25) is 0 Å². The Morgan fingerprint density at radius 2 is 2.00 bits per heavy atom. The van der Waals surface area contributed by atoms with Crippen molar-refractivity contribution in [3.63, 3.8) is 0 Å². The van der Waals surface area contributed by atoms with E-state index in [1.165, 1.54) is 11.8 Å². The maximum atomic E-state index is 11.9. The summed E-state index contributed by atoms with van der Waals surface area (Å²) in [7, 11) is 0. The topological polar surface area (TPSA) is 75.4 Å². The maximum absolute atomic E-state index is 11.9. The third-order valence-electron chi connectivity index (χ3n) is 2.63. The van der Waals surface area contributed by atoms with Crippen LogP contribution < -0.4 is 10.2 Å². The molecule has 0 bridgehead atoms. The summed E-state index contributed by atoms with van der Waals surface area (Å²) < 4.78 is 4.92. The van der Waals surface area contributed by atoms with Gasteiger partial charge in [-0.25, -0.2) is 0 Å². The number of amides is 2. The monoisotopic (exact) mass is 273 g/mol. The van der Waals surface area contributed by atoms with Crippen molar-refractivity contribution >= 4 is 23.3 Å². The lowest BCUT2D eigenvalue weighted by atomic mass is 10.3. The molecule has 6 nitrogen and oxygen atoms in total. The highest BCUT2D eigenvalue weighted by Crippen LogP contribution is 2.14. The Morgan fingerprint density at radius 1 is 1.30 bits per heavy atom. The second-order valence-electron chi connectivity index (χ2n) is 4.32. The molecular formula is C14H15N3O3. The molecule has 0 radical (unpaired) electrons. The van der Waals surface area contributed by atoms with Crippen LogP contribution in [0.4, 0.5) is 11.5 Å². The summed E-state index contributed by atoms with van der Waals surface area (Å²) in [4.78, 5) is 24.8. The number of benzene rings is 1. The summed E-state index contributed by atoms with van der Waals surface area (Å²) in [6, 6.07) is 10.7. The van der Waals surface area contributed by atoms with Crippen molar-refractivity contribution in [1.29, 1.82) is 0 Å². The number of anilines is 2. The Kier molecular flexibility index (Phi) is 4.14. The molecule has 0 atom stereocenters. The fourth-order valence-electron chi connectivity index (χ4n) is 1.70. The van der Waals surface area contributed by atoms with E-state index in [4.69, 9.17) is 4.52 Å². The highest BCUT2D eigenvalue weighted by Gasteiger charge is 2.19. The van der Waals surface area contributed by atoms with E-state index >= 15 is 0 Å². The van der Waals surface area contributed by atoms with Gasteiger partial charge in [0.25, 0.3) is 0 Å². The zero-order chi connectivity index (χ0) is 14.5. The van der Waals surface area contributed by atoms with Crippen molar-refractivity contribution < 1.29 is 14.1 Å². The van der Waals surface area contributed by atoms with Crippen molar-refractivity contribution in [2.75, 3.05) is 16.8 Å². The first kappa shape index (κ1) is 13.8. The number of nitrogens with zero attached hydrogens (tertiary/aromatic N) is 2. The number of hydrogen-bond donors (Lipinski definition) is 1. The SMILES string of the molecule is CC(=O)N(CC(=O)Nc1ccccc1)c1cc(C)on1. The number of aryl methyl sites for hydroxylation is 1. The molecule has 0 saturated carbocycles. The molecule has 0 aliphatic carbocycles. The van der Waals surface area contributed by atoms with E-state index in [2.05, 4.69) is 10.5 Å². The van der Waals surface area contributed by atoms with E-state index < -0.39 is 0 Å². The number of carbonyl (C=O) groups is 2. The number of hydrogen-bond acceptors (Lipinski definition) is 4. The fourth-order valence-corrected chi connectivity index (χ4v) is 1.70. The van der Waals surface area contributed by atoms with E-state index in [-0.39, 0.29) is 18.4 Å². The number of carbonyl (C=O) groups excluding carboxylic acids is 2. The van der Waals surface area contributed by atoms with Crippen LogP contribution in [-0.2, 0) is 9.59 Å². The lowest BCUT2D eigenvalue weighted by Gasteiger charge is -2.17. The largest absolute Gasteiger partial charge is 0.360 e. The van der Waals surface area contributed by atoms with Gasteiger partial charge in [0.1, 0.15) is 12.3 Å². The van der Waals surface area contributed by atoms with Gasteiger partial charge in [-0.15, -0.1) is 0 Å². The van der Waals surface area contributed by atoms with Crippen molar-refractivity contribution in [3.05, 3.63) is 42.2 Å². The van der Waals surface area contributed by atoms with Gasteiger partial charge in [-0.05, 0) is 19.1 Å². The second kappa shape index (κ2) is 6.01. The van der Waals surface area contributed by atoms with Crippen molar-refractivity contribution in [3.8, 4) is 0 Å². The third-order valence-corrected chi connectivity index (χ3v) is 2.63. The number of aromatic nitrogens is 1. The Morgan fingerprint density at radius 3 is 2.55 bits per heavy atom. The molecule has 1 aromatic carbocycles. The van der Waals surface area contributed by atoms with Crippen LogP contribution in [0.3, 0.4) is 0 Å². The van der Waals surface area contributed by atoms with Gasteiger partial charge < -0.3 is 9.84 Å². The summed E-state index contributed by atoms with van der Waals surface area (Å²) in [5.41, 5.74) is 0.678. The van der Waals surface area contributed by atoms with Gasteiger partial charge in [0.05, 0.1) is 0 Å². The number of rotatable bonds is 4. The Balaban J connectivity index is 2.05. The molecule has 0 unspecified atom stereocenters. The Bertz CT molecular complexity index is 607. The molecular weight excluding hydrogens is 258 g/mol. The molecule has 0 fully saturated rings. The van der Waals surface area contributed by atoms with Crippen LogP contribution in [-0.4, -0.2) is 23.5 Å². The van der Waals surface area contributed by atoms with Gasteiger partial charge >= 0.3 is 0 Å². The molecule has 104 valence electrons. The quantitative estimate of drug-likeness (QED) is 0.924. The van der Waals surface area contributed by atoms with E-state index in [1.54, 1.807) is 25.1 Å². The van der Waals surface area contributed by atoms with Crippen molar-refractivity contribution in [1.82, 2.24) is 5.16 Å². The molecule has 0 aliphatic heterocycles. The average Bonchev–Trinajstić information content (AvgIpc) is 2.83. The molecule has 2 amide bonds. The van der Waals surface area contributed by atoms with Gasteiger partial charge in [-0.1, -0.05) is 23.4 Å². The molecule has 2 aromatic rings. The smallest absolute Gasteiger partial charge is 0.244 e. The molecule has 0 spiro atoms. The fraction of sp³-hybridized carbons (Fsp3) is 0.214. The lowest BCUT2D eigenvalue weighted by Crippen LogP contribution is -2.36. The molecule has 20 heavy (non-hydrogen) atoms. The van der Waals surface area contributed by atoms with E-state index in [0.29, 0.717) is 17.3 Å². The molecule has 1 N–H and O–H groups in total. The first-order chi connectivity index (χ1) is 9.56. The van der Waals surface area contributed by atoms with E-state index in [1.807, 2.05) is 18.2 Å². The van der Waals surface area contributed by atoms with Crippen molar-refractivity contribution in [2.24, 2.45) is 0 Å². The summed E-state index contributed by atoms with van der Waals surface area (Å²) in [5.74, 6) is 0.335. The van der Waals surface area contributed by atoms with Crippen LogP contribution in [0.15, 0.2) is 40.9 Å². The predicted molar refractivity (Wildman–Crippen MR) is 74.3 cm³/mol. The zero-order valence-corrected chi connectivity index (χ0v) is 11.3. The van der Waals surface area contributed by atoms with Gasteiger partial charge in [-0.3, -0.25) is 14.5 Å². The van der Waals surface area contributed by atoms with Gasteiger partial charge in [0.2, 0.25) is 11.8 Å². The van der Waals surface area contributed by atoms with Gasteiger partial charge in [0, 0.05) is 18.7 Å². The minimum absolute atomic E-state index is 0.115. The minimum atomic E-state index is -0.299. The summed E-state index contributed by atoms with van der Waals surface area (Å²) in [6.45, 7) is 2.98. The number of nitrogens with one attached hydrogen (secondary N) is 1. The Labute approximate surface area is 116 Å². The second-order valence-corrected chi connectivity index (χ2v) is 4.32. The van der Waals surface area contributed by atoms with Crippen LogP contribution in [0.25, 0.3) is 0 Å². The summed E-state index contributed by atoms with van der Waals surface area (Å²) in [5, 5.41) is 6.46. The molecule has 6 heteroatoms. The van der Waals surface area contributed by atoms with Crippen LogP contribution in [0, 0.1) is 6.92 Å². The molecule has 0 aliphatic rings. The van der Waals surface area contributed by atoms with Gasteiger partial charge in [0.15, 0.2) is 5.82 Å². The van der Waals surface area contributed by atoms with Crippen LogP contribution in [0.1, 0.15) is 12.7 Å². The van der Waals surface area contributed by atoms with E-state index in [9.17, 15) is 9.59 Å². The van der Waals surface area contributed by atoms with Crippen molar-refractivity contribution in [2.45, 2.75) is 13.8 Å². The average molecular weight is 273 g/mol. The zero-order valence-electron chi connectivity index (χ0n) is 11.3. The third kappa shape index (κ3) is 3.44. The maximum Gasteiger partial charge on any atom is 0.244 e. The van der Waals surface area contributed by atoms with Crippen LogP contribution in [0.5, 0.6) is 0 Å².